The Balaban J connectivity index is 1.74. The Morgan fingerprint density at radius 2 is 1.75 bits per heavy atom. The van der Waals surface area contributed by atoms with E-state index in [1.165, 1.54) is 25.3 Å². The molecule has 0 spiro atoms. The molecule has 7 nitrogen and oxygen atoms in total. The van der Waals surface area contributed by atoms with Gasteiger partial charge in [0.1, 0.15) is 11.6 Å². The number of methoxy groups -OCH3 is 1. The van der Waals surface area contributed by atoms with Crippen LogP contribution in [0.2, 0.25) is 15.1 Å². The van der Waals surface area contributed by atoms with Crippen LogP contribution in [-0.2, 0) is 9.59 Å². The van der Waals surface area contributed by atoms with Crippen LogP contribution >= 0.6 is 34.8 Å². The minimum absolute atomic E-state index is 0.121. The monoisotopic (exact) mass is 543 g/mol. The maximum atomic E-state index is 12.6. The Labute approximate surface area is 223 Å². The fourth-order valence-electron chi connectivity index (χ4n) is 3.04. The third-order valence-corrected chi connectivity index (χ3v) is 5.87. The van der Waals surface area contributed by atoms with Crippen molar-refractivity contribution in [1.82, 2.24) is 0 Å². The van der Waals surface area contributed by atoms with E-state index < -0.39 is 11.8 Å². The molecule has 0 aromatic heterocycles. The number of nitriles is 1. The number of para-hydroxylation sites is 1. The molecule has 0 fully saturated rings. The highest BCUT2D eigenvalue weighted by molar-refractivity contribution is 6.34. The van der Waals surface area contributed by atoms with Crippen molar-refractivity contribution in [2.75, 3.05) is 24.4 Å². The first kappa shape index (κ1) is 26.9. The second-order valence-electron chi connectivity index (χ2n) is 7.44. The van der Waals surface area contributed by atoms with Crippen molar-refractivity contribution in [1.29, 1.82) is 5.26 Å². The number of amides is 2. The van der Waals surface area contributed by atoms with Crippen LogP contribution in [-0.4, -0.2) is 25.5 Å². The third-order valence-electron chi connectivity index (χ3n) is 4.85. The van der Waals surface area contributed by atoms with E-state index >= 15 is 0 Å². The molecule has 184 valence electrons. The van der Waals surface area contributed by atoms with Gasteiger partial charge in [0, 0.05) is 10.7 Å². The van der Waals surface area contributed by atoms with E-state index in [0.717, 1.165) is 5.56 Å². The quantitative estimate of drug-likeness (QED) is 0.248. The molecule has 0 aliphatic carbocycles. The number of rotatable bonds is 8. The van der Waals surface area contributed by atoms with Gasteiger partial charge in [0.2, 0.25) is 0 Å². The van der Waals surface area contributed by atoms with Crippen LogP contribution in [0.25, 0.3) is 6.08 Å². The molecule has 2 amide bonds. The summed E-state index contributed by atoms with van der Waals surface area (Å²) in [5, 5.41) is 15.8. The normalized spacial score (nSPS) is 10.8. The zero-order valence-corrected chi connectivity index (χ0v) is 21.5. The Morgan fingerprint density at radius 1 is 1.00 bits per heavy atom. The number of hydrogen-bond acceptors (Lipinski definition) is 5. The molecule has 3 aromatic rings. The van der Waals surface area contributed by atoms with E-state index in [-0.39, 0.29) is 28.7 Å². The zero-order chi connectivity index (χ0) is 26.2. The molecule has 3 rings (SSSR count). The van der Waals surface area contributed by atoms with Crippen LogP contribution in [0.5, 0.6) is 11.5 Å². The van der Waals surface area contributed by atoms with Crippen molar-refractivity contribution in [2.45, 2.75) is 6.92 Å². The SMILES string of the molecule is COc1cc(/C=C(\C#N)C(=O)Nc2ccccc2Cl)cc(Cl)c1OCC(=O)Nc1ccc(C)c(Cl)c1. The average molecular weight is 545 g/mol. The number of carbonyl (C=O) groups excluding carboxylic acids is 2. The lowest BCUT2D eigenvalue weighted by Crippen LogP contribution is -2.20. The maximum Gasteiger partial charge on any atom is 0.266 e. The van der Waals surface area contributed by atoms with Gasteiger partial charge in [0.15, 0.2) is 18.1 Å². The molecular weight excluding hydrogens is 525 g/mol. The fraction of sp³-hybridized carbons (Fsp3) is 0.115. The first-order valence-electron chi connectivity index (χ1n) is 10.5. The Morgan fingerprint density at radius 3 is 2.42 bits per heavy atom. The number of nitrogens with one attached hydrogen (secondary N) is 2. The Hall–Kier alpha value is -3.70. The minimum Gasteiger partial charge on any atom is -0.493 e. The largest absolute Gasteiger partial charge is 0.493 e. The summed E-state index contributed by atoms with van der Waals surface area (Å²) in [6, 6.07) is 16.7. The van der Waals surface area contributed by atoms with Gasteiger partial charge in [-0.2, -0.15) is 5.26 Å². The van der Waals surface area contributed by atoms with Crippen LogP contribution in [0.4, 0.5) is 11.4 Å². The van der Waals surface area contributed by atoms with Gasteiger partial charge < -0.3 is 20.1 Å². The van der Waals surface area contributed by atoms with Gasteiger partial charge in [-0.15, -0.1) is 0 Å². The molecule has 0 aliphatic rings. The van der Waals surface area contributed by atoms with Crippen molar-refractivity contribution in [3.63, 3.8) is 0 Å². The van der Waals surface area contributed by atoms with E-state index in [1.54, 1.807) is 42.5 Å². The van der Waals surface area contributed by atoms with E-state index in [0.29, 0.717) is 27.0 Å². The van der Waals surface area contributed by atoms with Crippen molar-refractivity contribution >= 4 is 64.1 Å². The molecule has 36 heavy (non-hydrogen) atoms. The average Bonchev–Trinajstić information content (AvgIpc) is 2.85. The molecule has 0 saturated carbocycles. The van der Waals surface area contributed by atoms with Crippen molar-refractivity contribution in [3.8, 4) is 17.6 Å². The number of halogens is 3. The van der Waals surface area contributed by atoms with E-state index in [1.807, 2.05) is 13.0 Å². The van der Waals surface area contributed by atoms with Gasteiger partial charge in [-0.3, -0.25) is 9.59 Å². The molecule has 0 unspecified atom stereocenters. The van der Waals surface area contributed by atoms with Crippen LogP contribution in [0.15, 0.2) is 60.2 Å². The standard InChI is InChI=1S/C26H20Cl3N3O4/c1-15-7-8-18(12-20(15)28)31-24(33)14-36-25-21(29)10-16(11-23(25)35-2)9-17(13-30)26(34)32-22-6-4-3-5-19(22)27/h3-12H,14H2,1-2H3,(H,31,33)(H,32,34)/b17-9+. The lowest BCUT2D eigenvalue weighted by Gasteiger charge is -2.14. The van der Waals surface area contributed by atoms with Crippen LogP contribution in [0.1, 0.15) is 11.1 Å². The lowest BCUT2D eigenvalue weighted by atomic mass is 10.1. The van der Waals surface area contributed by atoms with E-state index in [4.69, 9.17) is 44.3 Å². The fourth-order valence-corrected chi connectivity index (χ4v) is 3.67. The second-order valence-corrected chi connectivity index (χ2v) is 8.66. The summed E-state index contributed by atoms with van der Waals surface area (Å²) in [5.74, 6) is -0.731. The first-order valence-corrected chi connectivity index (χ1v) is 11.6. The molecule has 2 N–H and O–H groups in total. The Kier molecular flexibility index (Phi) is 9.20. The number of ether oxygens (including phenoxy) is 2. The number of hydrogen-bond donors (Lipinski definition) is 2. The van der Waals surface area contributed by atoms with Crippen LogP contribution in [0, 0.1) is 18.3 Å². The summed E-state index contributed by atoms with van der Waals surface area (Å²) in [5.41, 5.74) is 2.01. The van der Waals surface area contributed by atoms with Gasteiger partial charge in [0.05, 0.1) is 22.8 Å². The Bertz CT molecular complexity index is 1380. The summed E-state index contributed by atoms with van der Waals surface area (Å²) in [7, 11) is 1.40. The summed E-state index contributed by atoms with van der Waals surface area (Å²) in [4.78, 5) is 24.9. The summed E-state index contributed by atoms with van der Waals surface area (Å²) >= 11 is 18.5. The zero-order valence-electron chi connectivity index (χ0n) is 19.2. The number of anilines is 2. The molecule has 0 aliphatic heterocycles. The molecule has 0 radical (unpaired) electrons. The van der Waals surface area contributed by atoms with Gasteiger partial charge >= 0.3 is 0 Å². The minimum atomic E-state index is -0.645. The number of carbonyl (C=O) groups is 2. The topological polar surface area (TPSA) is 100 Å². The highest BCUT2D eigenvalue weighted by Gasteiger charge is 2.16. The molecule has 3 aromatic carbocycles. The van der Waals surface area contributed by atoms with Gasteiger partial charge in [0.25, 0.3) is 11.8 Å². The predicted molar refractivity (Wildman–Crippen MR) is 142 cm³/mol. The van der Waals surface area contributed by atoms with Gasteiger partial charge in [-0.25, -0.2) is 0 Å². The summed E-state index contributed by atoms with van der Waals surface area (Å²) in [6.45, 7) is 1.51. The molecule has 10 heteroatoms. The first-order chi connectivity index (χ1) is 17.2. The van der Waals surface area contributed by atoms with Crippen LogP contribution in [0.3, 0.4) is 0 Å². The number of nitrogens with zero attached hydrogens (tertiary/aromatic N) is 1. The molecule has 0 atom stereocenters. The predicted octanol–water partition coefficient (Wildman–Crippen LogP) is 6.53. The van der Waals surface area contributed by atoms with E-state index in [2.05, 4.69) is 10.6 Å². The van der Waals surface area contributed by atoms with E-state index in [9.17, 15) is 14.9 Å². The van der Waals surface area contributed by atoms with Gasteiger partial charge in [-0.1, -0.05) is 53.0 Å². The van der Waals surface area contributed by atoms with Crippen molar-refractivity contribution in [3.05, 3.63) is 86.4 Å². The molecule has 0 heterocycles. The lowest BCUT2D eigenvalue weighted by molar-refractivity contribution is -0.118. The third kappa shape index (κ3) is 6.92. The molecule has 0 bridgehead atoms. The van der Waals surface area contributed by atoms with Gasteiger partial charge in [-0.05, 0) is 60.5 Å². The highest BCUT2D eigenvalue weighted by atomic mass is 35.5. The highest BCUT2D eigenvalue weighted by Crippen LogP contribution is 2.37. The second kappa shape index (κ2) is 12.3. The summed E-state index contributed by atoms with van der Waals surface area (Å²) in [6.07, 6.45) is 1.35. The summed E-state index contributed by atoms with van der Waals surface area (Å²) < 4.78 is 10.9. The maximum absolute atomic E-state index is 12.6. The molecular formula is C26H20Cl3N3O4. The van der Waals surface area contributed by atoms with Crippen molar-refractivity contribution < 1.29 is 19.1 Å². The van der Waals surface area contributed by atoms with Crippen LogP contribution < -0.4 is 20.1 Å². The number of benzene rings is 3. The number of aryl methyl sites for hydroxylation is 1. The van der Waals surface area contributed by atoms with Crippen molar-refractivity contribution in [2.24, 2.45) is 0 Å². The molecule has 0 saturated heterocycles. The smallest absolute Gasteiger partial charge is 0.266 e.